The largest absolute Gasteiger partial charge is 0.384 e. The van der Waals surface area contributed by atoms with E-state index in [9.17, 15) is 4.79 Å². The van der Waals surface area contributed by atoms with Gasteiger partial charge in [0.2, 0.25) is 5.91 Å². The summed E-state index contributed by atoms with van der Waals surface area (Å²) in [6, 6.07) is 0.774. The molecule has 5 nitrogen and oxygen atoms in total. The summed E-state index contributed by atoms with van der Waals surface area (Å²) >= 11 is 0. The van der Waals surface area contributed by atoms with Crippen LogP contribution in [0.4, 0.5) is 0 Å². The first-order valence-electron chi connectivity index (χ1n) is 8.27. The molecule has 2 aliphatic rings. The lowest BCUT2D eigenvalue weighted by Crippen LogP contribution is -2.57. The fraction of sp³-hybridized carbons (Fsp3) is 0.938. The molecule has 0 aromatic carbocycles. The molecule has 21 heavy (non-hydrogen) atoms. The van der Waals surface area contributed by atoms with Crippen LogP contribution in [0.5, 0.6) is 0 Å². The Balaban J connectivity index is 1.91. The van der Waals surface area contributed by atoms with E-state index in [4.69, 9.17) is 10.5 Å². The number of amides is 1. The highest BCUT2D eigenvalue weighted by molar-refractivity contribution is 5.85. The molecule has 1 heterocycles. The van der Waals surface area contributed by atoms with Crippen molar-refractivity contribution in [1.82, 2.24) is 10.2 Å². The molecule has 1 saturated carbocycles. The van der Waals surface area contributed by atoms with Gasteiger partial charge in [0, 0.05) is 25.8 Å². The number of hydrogen-bond donors (Lipinski definition) is 2. The molecule has 1 saturated heterocycles. The van der Waals surface area contributed by atoms with E-state index in [0.717, 1.165) is 39.0 Å². The SMILES string of the molecule is COCC1CCN(C2CCC(NC(C)C)(C(N)=O)C2)CC1. The van der Waals surface area contributed by atoms with Crippen LogP contribution in [0, 0.1) is 5.92 Å². The average molecular weight is 297 g/mol. The maximum atomic E-state index is 11.9. The topological polar surface area (TPSA) is 67.6 Å². The average Bonchev–Trinajstić information content (AvgIpc) is 2.85. The van der Waals surface area contributed by atoms with Gasteiger partial charge in [-0.3, -0.25) is 4.79 Å². The summed E-state index contributed by atoms with van der Waals surface area (Å²) in [6.07, 6.45) is 5.19. The van der Waals surface area contributed by atoms with E-state index in [1.165, 1.54) is 12.8 Å². The van der Waals surface area contributed by atoms with E-state index in [-0.39, 0.29) is 11.9 Å². The Morgan fingerprint density at radius 3 is 2.57 bits per heavy atom. The second-order valence-corrected chi connectivity index (χ2v) is 7.08. The fourth-order valence-corrected chi connectivity index (χ4v) is 4.03. The first kappa shape index (κ1) is 16.7. The highest BCUT2D eigenvalue weighted by Crippen LogP contribution is 2.35. The number of primary amides is 1. The Kier molecular flexibility index (Phi) is 5.63. The standard InChI is InChI=1S/C16H31N3O2/c1-12(2)18-16(15(17)20)7-4-14(10-16)19-8-5-13(6-9-19)11-21-3/h12-14,18H,4-11H2,1-3H3,(H2,17,20). The molecule has 0 bridgehead atoms. The van der Waals surface area contributed by atoms with E-state index in [1.54, 1.807) is 7.11 Å². The number of rotatable bonds is 6. The summed E-state index contributed by atoms with van der Waals surface area (Å²) in [5, 5.41) is 3.43. The van der Waals surface area contributed by atoms with Crippen LogP contribution in [-0.4, -0.2) is 55.2 Å². The monoisotopic (exact) mass is 297 g/mol. The molecular formula is C16H31N3O2. The van der Waals surface area contributed by atoms with Crippen LogP contribution in [-0.2, 0) is 9.53 Å². The van der Waals surface area contributed by atoms with Crippen molar-refractivity contribution < 1.29 is 9.53 Å². The highest BCUT2D eigenvalue weighted by atomic mass is 16.5. The van der Waals surface area contributed by atoms with Gasteiger partial charge in [0.25, 0.3) is 0 Å². The van der Waals surface area contributed by atoms with Crippen LogP contribution in [0.3, 0.4) is 0 Å². The molecule has 1 aliphatic heterocycles. The second-order valence-electron chi connectivity index (χ2n) is 7.08. The molecule has 0 spiro atoms. The Morgan fingerprint density at radius 2 is 2.05 bits per heavy atom. The summed E-state index contributed by atoms with van der Waals surface area (Å²) in [5.41, 5.74) is 5.20. The predicted molar refractivity (Wildman–Crippen MR) is 84.0 cm³/mol. The predicted octanol–water partition coefficient (Wildman–Crippen LogP) is 1.12. The summed E-state index contributed by atoms with van der Waals surface area (Å²) < 4.78 is 5.26. The normalized spacial score (nSPS) is 31.9. The summed E-state index contributed by atoms with van der Waals surface area (Å²) in [7, 11) is 1.78. The number of nitrogens with two attached hydrogens (primary N) is 1. The highest BCUT2D eigenvalue weighted by Gasteiger charge is 2.46. The molecule has 122 valence electrons. The minimum Gasteiger partial charge on any atom is -0.384 e. The Bertz CT molecular complexity index is 353. The van der Waals surface area contributed by atoms with Crippen molar-refractivity contribution in [2.75, 3.05) is 26.8 Å². The van der Waals surface area contributed by atoms with Crippen molar-refractivity contribution in [2.45, 2.75) is 63.6 Å². The van der Waals surface area contributed by atoms with Gasteiger partial charge in [0.05, 0.1) is 5.54 Å². The van der Waals surface area contributed by atoms with Gasteiger partial charge in [0.1, 0.15) is 0 Å². The van der Waals surface area contributed by atoms with Crippen molar-refractivity contribution in [2.24, 2.45) is 11.7 Å². The summed E-state index contributed by atoms with van der Waals surface area (Å²) in [6.45, 7) is 7.27. The molecule has 2 fully saturated rings. The van der Waals surface area contributed by atoms with E-state index < -0.39 is 5.54 Å². The minimum atomic E-state index is -0.498. The van der Waals surface area contributed by atoms with E-state index in [0.29, 0.717) is 12.0 Å². The number of carbonyl (C=O) groups excluding carboxylic acids is 1. The molecule has 1 amide bonds. The van der Waals surface area contributed by atoms with Crippen LogP contribution < -0.4 is 11.1 Å². The zero-order valence-corrected chi connectivity index (χ0v) is 13.7. The molecular weight excluding hydrogens is 266 g/mol. The van der Waals surface area contributed by atoms with Crippen molar-refractivity contribution in [3.8, 4) is 0 Å². The third kappa shape index (κ3) is 3.96. The Morgan fingerprint density at radius 1 is 1.38 bits per heavy atom. The van der Waals surface area contributed by atoms with Gasteiger partial charge in [-0.1, -0.05) is 0 Å². The number of carbonyl (C=O) groups is 1. The quantitative estimate of drug-likeness (QED) is 0.771. The Hall–Kier alpha value is -0.650. The molecule has 0 radical (unpaired) electrons. The zero-order chi connectivity index (χ0) is 15.5. The third-order valence-corrected chi connectivity index (χ3v) is 5.09. The molecule has 3 N–H and O–H groups in total. The number of nitrogens with one attached hydrogen (secondary N) is 1. The van der Waals surface area contributed by atoms with Crippen molar-refractivity contribution in [3.63, 3.8) is 0 Å². The van der Waals surface area contributed by atoms with Crippen LogP contribution in [0.2, 0.25) is 0 Å². The van der Waals surface area contributed by atoms with Crippen molar-refractivity contribution >= 4 is 5.91 Å². The van der Waals surface area contributed by atoms with E-state index >= 15 is 0 Å². The Labute approximate surface area is 128 Å². The second kappa shape index (κ2) is 7.07. The van der Waals surface area contributed by atoms with Crippen LogP contribution >= 0.6 is 0 Å². The van der Waals surface area contributed by atoms with Crippen molar-refractivity contribution in [3.05, 3.63) is 0 Å². The van der Waals surface area contributed by atoms with E-state index in [2.05, 4.69) is 24.1 Å². The van der Waals surface area contributed by atoms with Gasteiger partial charge < -0.3 is 20.7 Å². The van der Waals surface area contributed by atoms with Crippen LogP contribution in [0.25, 0.3) is 0 Å². The number of nitrogens with zero attached hydrogens (tertiary/aromatic N) is 1. The van der Waals surface area contributed by atoms with Gasteiger partial charge in [-0.15, -0.1) is 0 Å². The fourth-order valence-electron chi connectivity index (χ4n) is 4.03. The van der Waals surface area contributed by atoms with Gasteiger partial charge in [0.15, 0.2) is 0 Å². The van der Waals surface area contributed by atoms with Gasteiger partial charge in [-0.05, 0) is 65.0 Å². The van der Waals surface area contributed by atoms with Gasteiger partial charge >= 0.3 is 0 Å². The number of hydrogen-bond acceptors (Lipinski definition) is 4. The molecule has 0 aromatic heterocycles. The zero-order valence-electron chi connectivity index (χ0n) is 13.7. The first-order chi connectivity index (χ1) is 9.97. The summed E-state index contributed by atoms with van der Waals surface area (Å²) in [4.78, 5) is 14.5. The molecule has 2 unspecified atom stereocenters. The van der Waals surface area contributed by atoms with Crippen LogP contribution in [0.1, 0.15) is 46.0 Å². The van der Waals surface area contributed by atoms with Gasteiger partial charge in [-0.25, -0.2) is 0 Å². The molecule has 5 heteroatoms. The molecule has 2 rings (SSSR count). The number of likely N-dealkylation sites (tertiary alicyclic amines) is 1. The van der Waals surface area contributed by atoms with Crippen molar-refractivity contribution in [1.29, 1.82) is 0 Å². The summed E-state index contributed by atoms with van der Waals surface area (Å²) in [5.74, 6) is 0.510. The number of methoxy groups -OCH3 is 1. The lowest BCUT2D eigenvalue weighted by atomic mass is 9.93. The molecule has 2 atom stereocenters. The molecule has 1 aliphatic carbocycles. The lowest BCUT2D eigenvalue weighted by molar-refractivity contribution is -0.124. The maximum Gasteiger partial charge on any atom is 0.237 e. The van der Waals surface area contributed by atoms with Gasteiger partial charge in [-0.2, -0.15) is 0 Å². The lowest BCUT2D eigenvalue weighted by Gasteiger charge is -2.37. The molecule has 0 aromatic rings. The third-order valence-electron chi connectivity index (χ3n) is 5.09. The van der Waals surface area contributed by atoms with Crippen LogP contribution in [0.15, 0.2) is 0 Å². The smallest absolute Gasteiger partial charge is 0.237 e. The maximum absolute atomic E-state index is 11.9. The number of ether oxygens (including phenoxy) is 1. The minimum absolute atomic E-state index is 0.187. The van der Waals surface area contributed by atoms with E-state index in [1.807, 2.05) is 0 Å². The first-order valence-corrected chi connectivity index (χ1v) is 8.27. The number of piperidine rings is 1.